The van der Waals surface area contributed by atoms with Gasteiger partial charge in [-0.25, -0.2) is 4.79 Å². The van der Waals surface area contributed by atoms with Gasteiger partial charge in [0.15, 0.2) is 6.23 Å². The van der Waals surface area contributed by atoms with E-state index >= 15 is 0 Å². The van der Waals surface area contributed by atoms with Crippen LogP contribution in [0, 0.1) is 6.85 Å². The number of aryl methyl sites for hydroxylation is 1. The van der Waals surface area contributed by atoms with Crippen molar-refractivity contribution in [1.29, 1.82) is 0 Å². The fraction of sp³-hybridized carbons (Fsp3) is 0.290. The minimum atomic E-state index is -2.86. The van der Waals surface area contributed by atoms with Crippen LogP contribution in [-0.2, 0) is 15.1 Å². The lowest BCUT2D eigenvalue weighted by Gasteiger charge is -2.37. The number of aromatic amines is 1. The minimum Gasteiger partial charge on any atom is -0.497 e. The topological polar surface area (TPSA) is 161 Å². The Morgan fingerprint density at radius 1 is 1.00 bits per heavy atom. The van der Waals surface area contributed by atoms with E-state index in [2.05, 4.69) is 10.0 Å². The average molecular weight is 589 g/mol. The van der Waals surface area contributed by atoms with Gasteiger partial charge in [-0.2, -0.15) is 0 Å². The molecule has 5 rings (SSSR count). The second-order valence-electron chi connectivity index (χ2n) is 9.78. The molecule has 1 unspecified atom stereocenters. The van der Waals surface area contributed by atoms with E-state index in [0.717, 1.165) is 16.3 Å². The molecule has 12 heteroatoms. The van der Waals surface area contributed by atoms with Crippen molar-refractivity contribution in [3.63, 3.8) is 0 Å². The van der Waals surface area contributed by atoms with Crippen molar-refractivity contribution in [1.82, 2.24) is 9.55 Å². The second-order valence-corrected chi connectivity index (χ2v) is 9.78. The molecule has 43 heavy (non-hydrogen) atoms. The lowest BCUT2D eigenvalue weighted by molar-refractivity contribution is -0.0884. The lowest BCUT2D eigenvalue weighted by Crippen LogP contribution is -2.39. The molecular formula is C31H31N5O7. The number of rotatable bonds is 10. The molecule has 3 aromatic carbocycles. The van der Waals surface area contributed by atoms with Gasteiger partial charge < -0.3 is 24.1 Å². The van der Waals surface area contributed by atoms with Crippen LogP contribution >= 0.6 is 0 Å². The number of aliphatic hydroxyl groups excluding tert-OH is 1. The Morgan fingerprint density at radius 2 is 1.58 bits per heavy atom. The molecule has 0 amide bonds. The highest BCUT2D eigenvalue weighted by atomic mass is 16.6. The van der Waals surface area contributed by atoms with Crippen LogP contribution in [0.1, 0.15) is 32.6 Å². The van der Waals surface area contributed by atoms with E-state index in [4.69, 9.17) is 23.1 Å². The van der Waals surface area contributed by atoms with Crippen LogP contribution in [0.3, 0.4) is 0 Å². The van der Waals surface area contributed by atoms with Crippen molar-refractivity contribution >= 4 is 0 Å². The zero-order chi connectivity index (χ0) is 33.1. The van der Waals surface area contributed by atoms with Crippen LogP contribution in [-0.4, -0.2) is 53.7 Å². The summed E-state index contributed by atoms with van der Waals surface area (Å²) in [6.07, 6.45) is -3.42. The first kappa shape index (κ1) is 25.8. The first-order chi connectivity index (χ1) is 22.0. The van der Waals surface area contributed by atoms with Crippen molar-refractivity contribution < 1.29 is 28.2 Å². The van der Waals surface area contributed by atoms with Gasteiger partial charge in [-0.3, -0.25) is 14.3 Å². The number of nitrogens with one attached hydrogen (secondary N) is 1. The summed E-state index contributed by atoms with van der Waals surface area (Å²) >= 11 is 0. The van der Waals surface area contributed by atoms with E-state index in [1.54, 1.807) is 38.5 Å². The van der Waals surface area contributed by atoms with Crippen LogP contribution < -0.4 is 20.7 Å². The summed E-state index contributed by atoms with van der Waals surface area (Å²) in [6.45, 7) is -3.13. The number of H-pyrrole nitrogens is 1. The molecule has 2 N–H and O–H groups in total. The van der Waals surface area contributed by atoms with Gasteiger partial charge >= 0.3 is 5.69 Å². The van der Waals surface area contributed by atoms with Crippen LogP contribution in [0.4, 0.5) is 0 Å². The summed E-state index contributed by atoms with van der Waals surface area (Å²) in [5.41, 5.74) is 7.45. The molecule has 222 valence electrons. The van der Waals surface area contributed by atoms with Gasteiger partial charge in [-0.1, -0.05) is 59.7 Å². The fourth-order valence-corrected chi connectivity index (χ4v) is 5.25. The number of nitrogens with zero attached hydrogens (tertiary/aromatic N) is 4. The zero-order valence-corrected chi connectivity index (χ0v) is 23.3. The summed E-state index contributed by atoms with van der Waals surface area (Å²) in [5, 5.41) is 15.0. The largest absolute Gasteiger partial charge is 0.497 e. The molecule has 0 bridgehead atoms. The molecule has 0 spiro atoms. The molecule has 0 radical (unpaired) electrons. The first-order valence-electron chi connectivity index (χ1n) is 14.8. The highest BCUT2D eigenvalue weighted by molar-refractivity contribution is 5.49. The quantitative estimate of drug-likeness (QED) is 0.123. The monoisotopic (exact) mass is 588 g/mol. The molecule has 12 nitrogen and oxygen atoms in total. The Bertz CT molecular complexity index is 1780. The molecule has 1 aliphatic heterocycles. The molecule has 0 aliphatic carbocycles. The molecule has 2 heterocycles. The van der Waals surface area contributed by atoms with Gasteiger partial charge in [0.05, 0.1) is 33.0 Å². The molecule has 0 saturated carbocycles. The maximum atomic E-state index is 12.8. The van der Waals surface area contributed by atoms with Gasteiger partial charge in [0, 0.05) is 20.8 Å². The van der Waals surface area contributed by atoms with Gasteiger partial charge in [-0.05, 0) is 53.3 Å². The SMILES string of the molecule is [2H]C([2H])([2H])c1cn([C@@H]2O[C@H](COC(c3ccccc3)(c3ccc(OC)cc3)c3ccc(OC)cc3)[C@H](N=[N+]=[N-])C2O)c(=O)[nH]c1=O. The predicted molar refractivity (Wildman–Crippen MR) is 157 cm³/mol. The van der Waals surface area contributed by atoms with Crippen molar-refractivity contribution in [2.24, 2.45) is 5.11 Å². The van der Waals surface area contributed by atoms with E-state index in [0.29, 0.717) is 22.6 Å². The molecule has 4 aromatic rings. The number of hydrogen-bond acceptors (Lipinski definition) is 8. The van der Waals surface area contributed by atoms with Gasteiger partial charge in [0.25, 0.3) is 5.56 Å². The number of hydrogen-bond donors (Lipinski definition) is 2. The summed E-state index contributed by atoms with van der Waals surface area (Å²) in [5.74, 6) is 1.24. The Kier molecular flexibility index (Phi) is 7.54. The third kappa shape index (κ3) is 5.64. The number of ether oxygens (including phenoxy) is 4. The Hall–Kier alpha value is -4.87. The van der Waals surface area contributed by atoms with Crippen LogP contribution in [0.2, 0.25) is 0 Å². The average Bonchev–Trinajstić information content (AvgIpc) is 3.36. The van der Waals surface area contributed by atoms with E-state index in [1.165, 1.54) is 0 Å². The van der Waals surface area contributed by atoms with Crippen LogP contribution in [0.25, 0.3) is 10.4 Å². The summed E-state index contributed by atoms with van der Waals surface area (Å²) in [6, 6.07) is 22.7. The maximum Gasteiger partial charge on any atom is 0.330 e. The van der Waals surface area contributed by atoms with E-state index in [-0.39, 0.29) is 6.61 Å². The Balaban J connectivity index is 1.60. The van der Waals surface area contributed by atoms with Crippen molar-refractivity contribution in [2.75, 3.05) is 20.8 Å². The Labute approximate surface area is 250 Å². The number of aliphatic hydroxyl groups is 1. The third-order valence-electron chi connectivity index (χ3n) is 7.40. The van der Waals surface area contributed by atoms with Gasteiger partial charge in [-0.15, -0.1) is 0 Å². The summed E-state index contributed by atoms with van der Waals surface area (Å²) in [4.78, 5) is 29.8. The smallest absolute Gasteiger partial charge is 0.330 e. The normalized spacial score (nSPS) is 21.2. The number of methoxy groups -OCH3 is 2. The van der Waals surface area contributed by atoms with Gasteiger partial charge in [0.1, 0.15) is 23.2 Å². The maximum absolute atomic E-state index is 12.8. The van der Waals surface area contributed by atoms with E-state index < -0.39 is 53.7 Å². The van der Waals surface area contributed by atoms with Crippen molar-refractivity contribution in [2.45, 2.75) is 36.9 Å². The molecule has 4 atom stereocenters. The molecular weight excluding hydrogens is 554 g/mol. The lowest BCUT2D eigenvalue weighted by atomic mass is 9.80. The number of benzene rings is 3. The van der Waals surface area contributed by atoms with E-state index in [1.807, 2.05) is 59.6 Å². The van der Waals surface area contributed by atoms with Crippen LogP contribution in [0.15, 0.2) is 99.8 Å². The molecule has 1 fully saturated rings. The summed E-state index contributed by atoms with van der Waals surface area (Å²) in [7, 11) is 3.12. The zero-order valence-electron chi connectivity index (χ0n) is 26.3. The Morgan fingerprint density at radius 3 is 2.12 bits per heavy atom. The third-order valence-corrected chi connectivity index (χ3v) is 7.40. The predicted octanol–water partition coefficient (Wildman–Crippen LogP) is 3.81. The molecule has 1 saturated heterocycles. The van der Waals surface area contributed by atoms with E-state index in [9.17, 15) is 20.2 Å². The fourth-order valence-electron chi connectivity index (χ4n) is 5.25. The minimum absolute atomic E-state index is 0.269. The van der Waals surface area contributed by atoms with Gasteiger partial charge in [0.2, 0.25) is 0 Å². The second kappa shape index (κ2) is 12.6. The number of aromatic nitrogens is 2. The van der Waals surface area contributed by atoms with Crippen molar-refractivity contribution in [3.8, 4) is 11.5 Å². The first-order valence-corrected chi connectivity index (χ1v) is 13.3. The number of azide groups is 1. The molecule has 1 aromatic heterocycles. The van der Waals surface area contributed by atoms with Crippen molar-refractivity contribution in [3.05, 3.63) is 139 Å². The standard InChI is InChI=1S/C31H31N5O7/c1-19-17-36(30(39)33-28(19)38)29-27(37)26(34-35-32)25(43-29)18-42-31(20-7-5-4-6-8-20,21-9-13-23(40-2)14-10-21)22-11-15-24(41-3)16-12-22/h4-17,25-27,29,37H,18H2,1-3H3,(H,33,38,39)/t25-,26+,27?,29-/m1/s1/i1D3. The summed E-state index contributed by atoms with van der Waals surface area (Å²) < 4.78 is 47.4. The highest BCUT2D eigenvalue weighted by Gasteiger charge is 2.47. The highest BCUT2D eigenvalue weighted by Crippen LogP contribution is 2.43. The molecule has 1 aliphatic rings. The van der Waals surface area contributed by atoms with Crippen LogP contribution in [0.5, 0.6) is 11.5 Å².